The molecule has 4 rings (SSSR count). The van der Waals surface area contributed by atoms with Crippen LogP contribution in [0.5, 0.6) is 5.75 Å². The summed E-state index contributed by atoms with van der Waals surface area (Å²) in [5.41, 5.74) is 3.50. The summed E-state index contributed by atoms with van der Waals surface area (Å²) in [6.07, 6.45) is 1.95. The Morgan fingerprint density at radius 1 is 1.30 bits per heavy atom. The zero-order valence-corrected chi connectivity index (χ0v) is 14.4. The minimum Gasteiger partial charge on any atom is -0.493 e. The molecule has 2 aromatic carbocycles. The first kappa shape index (κ1) is 14.8. The van der Waals surface area contributed by atoms with Gasteiger partial charge in [0.05, 0.1) is 22.9 Å². The molecule has 1 aromatic heterocycles. The van der Waals surface area contributed by atoms with Crippen molar-refractivity contribution >= 4 is 38.3 Å². The van der Waals surface area contributed by atoms with E-state index in [1.54, 1.807) is 11.3 Å². The molecule has 1 aliphatic rings. The predicted octanol–water partition coefficient (Wildman–Crippen LogP) is 5.45. The Kier molecular flexibility index (Phi) is 3.87. The highest BCUT2D eigenvalue weighted by Gasteiger charge is 2.22. The number of halogens is 1. The van der Waals surface area contributed by atoms with Gasteiger partial charge in [-0.1, -0.05) is 35.9 Å². The maximum atomic E-state index is 6.15. The SMILES string of the molecule is CCc1ccc2nc(NC3CCOc4ccc(Cl)cc43)sc2c1. The number of nitrogens with one attached hydrogen (secondary N) is 1. The van der Waals surface area contributed by atoms with Gasteiger partial charge in [0, 0.05) is 17.0 Å². The molecule has 0 saturated carbocycles. The topological polar surface area (TPSA) is 34.2 Å². The standard InChI is InChI=1S/C18H17ClN2OS/c1-2-11-3-5-15-17(9-11)23-18(21-15)20-14-7-8-22-16-6-4-12(19)10-13(14)16/h3-6,9-10,14H,2,7-8H2,1H3,(H,20,21). The highest BCUT2D eigenvalue weighted by Crippen LogP contribution is 2.37. The number of ether oxygens (including phenoxy) is 1. The van der Waals surface area contributed by atoms with E-state index in [-0.39, 0.29) is 6.04 Å². The fourth-order valence-electron chi connectivity index (χ4n) is 2.91. The maximum Gasteiger partial charge on any atom is 0.184 e. The summed E-state index contributed by atoms with van der Waals surface area (Å²) >= 11 is 7.85. The van der Waals surface area contributed by atoms with Gasteiger partial charge >= 0.3 is 0 Å². The molecular formula is C18H17ClN2OS. The van der Waals surface area contributed by atoms with Gasteiger partial charge < -0.3 is 10.1 Å². The van der Waals surface area contributed by atoms with Gasteiger partial charge in [-0.2, -0.15) is 0 Å². The Balaban J connectivity index is 1.65. The second-order valence-corrected chi connectivity index (χ2v) is 7.16. The van der Waals surface area contributed by atoms with E-state index in [4.69, 9.17) is 21.3 Å². The second-order valence-electron chi connectivity index (χ2n) is 5.69. The number of aryl methyl sites for hydroxylation is 1. The molecule has 0 fully saturated rings. The lowest BCUT2D eigenvalue weighted by atomic mass is 10.0. The Bertz CT molecular complexity index is 861. The number of hydrogen-bond donors (Lipinski definition) is 1. The zero-order chi connectivity index (χ0) is 15.8. The smallest absolute Gasteiger partial charge is 0.184 e. The van der Waals surface area contributed by atoms with Crippen molar-refractivity contribution in [1.82, 2.24) is 4.98 Å². The van der Waals surface area contributed by atoms with Gasteiger partial charge in [-0.25, -0.2) is 4.98 Å². The van der Waals surface area contributed by atoms with Crippen molar-refractivity contribution in [3.8, 4) is 5.75 Å². The lowest BCUT2D eigenvalue weighted by molar-refractivity contribution is 0.274. The molecule has 3 nitrogen and oxygen atoms in total. The normalized spacial score (nSPS) is 16.9. The lowest BCUT2D eigenvalue weighted by Crippen LogP contribution is -2.20. The first-order chi connectivity index (χ1) is 11.2. The van der Waals surface area contributed by atoms with Gasteiger partial charge in [-0.15, -0.1) is 0 Å². The Morgan fingerprint density at radius 3 is 3.09 bits per heavy atom. The van der Waals surface area contributed by atoms with Crippen LogP contribution in [0.25, 0.3) is 10.2 Å². The third kappa shape index (κ3) is 2.89. The van der Waals surface area contributed by atoms with Gasteiger partial charge in [-0.3, -0.25) is 0 Å². The first-order valence-corrected chi connectivity index (χ1v) is 9.00. The quantitative estimate of drug-likeness (QED) is 0.686. The molecule has 1 unspecified atom stereocenters. The lowest BCUT2D eigenvalue weighted by Gasteiger charge is -2.26. The Labute approximate surface area is 144 Å². The molecule has 0 bridgehead atoms. The summed E-state index contributed by atoms with van der Waals surface area (Å²) in [6, 6.07) is 12.5. The average molecular weight is 345 g/mol. The molecule has 1 atom stereocenters. The summed E-state index contributed by atoms with van der Waals surface area (Å²) in [6.45, 7) is 2.88. The molecule has 118 valence electrons. The van der Waals surface area contributed by atoms with Crippen molar-refractivity contribution in [2.75, 3.05) is 11.9 Å². The van der Waals surface area contributed by atoms with E-state index in [0.29, 0.717) is 6.61 Å². The maximum absolute atomic E-state index is 6.15. The monoisotopic (exact) mass is 344 g/mol. The number of aromatic nitrogens is 1. The van der Waals surface area contributed by atoms with Gasteiger partial charge in [-0.05, 0) is 42.3 Å². The fraction of sp³-hybridized carbons (Fsp3) is 0.278. The van der Waals surface area contributed by atoms with Crippen LogP contribution in [0.3, 0.4) is 0 Å². The molecule has 5 heteroatoms. The summed E-state index contributed by atoms with van der Waals surface area (Å²) in [4.78, 5) is 4.71. The minimum absolute atomic E-state index is 0.184. The molecule has 1 aliphatic heterocycles. The van der Waals surface area contributed by atoms with E-state index >= 15 is 0 Å². The van der Waals surface area contributed by atoms with Crippen LogP contribution in [0.1, 0.15) is 30.5 Å². The molecule has 0 amide bonds. The number of anilines is 1. The van der Waals surface area contributed by atoms with E-state index < -0.39 is 0 Å². The molecule has 0 radical (unpaired) electrons. The van der Waals surface area contributed by atoms with Crippen LogP contribution in [0.4, 0.5) is 5.13 Å². The highest BCUT2D eigenvalue weighted by molar-refractivity contribution is 7.22. The third-order valence-corrected chi connectivity index (χ3v) is 5.35. The third-order valence-electron chi connectivity index (χ3n) is 4.17. The molecule has 1 N–H and O–H groups in total. The highest BCUT2D eigenvalue weighted by atomic mass is 35.5. The molecular weight excluding hydrogens is 328 g/mol. The van der Waals surface area contributed by atoms with Crippen molar-refractivity contribution in [2.45, 2.75) is 25.8 Å². The molecule has 2 heterocycles. The van der Waals surface area contributed by atoms with Crippen LogP contribution < -0.4 is 10.1 Å². The number of thiazole rings is 1. The van der Waals surface area contributed by atoms with Crippen molar-refractivity contribution in [3.63, 3.8) is 0 Å². The predicted molar refractivity (Wildman–Crippen MR) is 96.9 cm³/mol. The van der Waals surface area contributed by atoms with Gasteiger partial charge in [0.25, 0.3) is 0 Å². The van der Waals surface area contributed by atoms with Crippen LogP contribution in [-0.2, 0) is 6.42 Å². The largest absolute Gasteiger partial charge is 0.493 e. The Hall–Kier alpha value is -1.78. The second kappa shape index (κ2) is 6.02. The van der Waals surface area contributed by atoms with E-state index in [9.17, 15) is 0 Å². The van der Waals surface area contributed by atoms with Crippen LogP contribution in [0.2, 0.25) is 5.02 Å². The number of rotatable bonds is 3. The summed E-state index contributed by atoms with van der Waals surface area (Å²) in [5.74, 6) is 0.910. The molecule has 0 aliphatic carbocycles. The van der Waals surface area contributed by atoms with Crippen LogP contribution in [0, 0.1) is 0 Å². The minimum atomic E-state index is 0.184. The van der Waals surface area contributed by atoms with Crippen molar-refractivity contribution in [1.29, 1.82) is 0 Å². The summed E-state index contributed by atoms with van der Waals surface area (Å²) < 4.78 is 6.95. The summed E-state index contributed by atoms with van der Waals surface area (Å²) in [7, 11) is 0. The van der Waals surface area contributed by atoms with E-state index in [0.717, 1.165) is 39.8 Å². The molecule has 0 saturated heterocycles. The van der Waals surface area contributed by atoms with Crippen LogP contribution >= 0.6 is 22.9 Å². The molecule has 23 heavy (non-hydrogen) atoms. The van der Waals surface area contributed by atoms with Crippen LogP contribution in [-0.4, -0.2) is 11.6 Å². The van der Waals surface area contributed by atoms with E-state index in [1.165, 1.54) is 10.3 Å². The number of fused-ring (bicyclic) bond motifs is 2. The van der Waals surface area contributed by atoms with E-state index in [1.807, 2.05) is 18.2 Å². The molecule has 3 aromatic rings. The van der Waals surface area contributed by atoms with E-state index in [2.05, 4.69) is 30.4 Å². The van der Waals surface area contributed by atoms with Gasteiger partial charge in [0.1, 0.15) is 5.75 Å². The van der Waals surface area contributed by atoms with Crippen molar-refractivity contribution < 1.29 is 4.74 Å². The number of hydrogen-bond acceptors (Lipinski definition) is 4. The van der Waals surface area contributed by atoms with Gasteiger partial charge in [0.15, 0.2) is 5.13 Å². The number of benzene rings is 2. The number of nitrogens with zero attached hydrogens (tertiary/aromatic N) is 1. The van der Waals surface area contributed by atoms with Gasteiger partial charge in [0.2, 0.25) is 0 Å². The zero-order valence-electron chi connectivity index (χ0n) is 12.8. The average Bonchev–Trinajstić information content (AvgIpc) is 2.96. The Morgan fingerprint density at radius 2 is 2.22 bits per heavy atom. The fourth-order valence-corrected chi connectivity index (χ4v) is 4.08. The van der Waals surface area contributed by atoms with Crippen molar-refractivity contribution in [3.05, 3.63) is 52.5 Å². The first-order valence-electron chi connectivity index (χ1n) is 7.81. The van der Waals surface area contributed by atoms with Crippen molar-refractivity contribution in [2.24, 2.45) is 0 Å². The molecule has 0 spiro atoms. The summed E-state index contributed by atoms with van der Waals surface area (Å²) in [5, 5.41) is 5.24. The van der Waals surface area contributed by atoms with Crippen LogP contribution in [0.15, 0.2) is 36.4 Å².